The number of hydrogen-bond donors (Lipinski definition) is 1. The van der Waals surface area contributed by atoms with Crippen LogP contribution in [0.25, 0.3) is 5.82 Å². The van der Waals surface area contributed by atoms with Crippen molar-refractivity contribution in [2.75, 3.05) is 5.32 Å². The van der Waals surface area contributed by atoms with E-state index in [2.05, 4.69) is 20.3 Å². The fourth-order valence-electron chi connectivity index (χ4n) is 2.49. The highest BCUT2D eigenvalue weighted by Gasteiger charge is 2.11. The SMILES string of the molecule is O=C(Nc1ccc(Oc2cc(-n3ccnc3)ncn2)cc1)c1ccccc1F. The fraction of sp³-hybridized carbons (Fsp3) is 0. The van der Waals surface area contributed by atoms with Gasteiger partial charge in [0, 0.05) is 24.1 Å². The zero-order valence-electron chi connectivity index (χ0n) is 14.5. The molecular weight excluding hydrogens is 361 g/mol. The van der Waals surface area contributed by atoms with Gasteiger partial charge in [-0.1, -0.05) is 12.1 Å². The van der Waals surface area contributed by atoms with Crippen molar-refractivity contribution in [3.8, 4) is 17.4 Å². The van der Waals surface area contributed by atoms with E-state index in [0.717, 1.165) is 0 Å². The second-order valence-electron chi connectivity index (χ2n) is 5.74. The molecule has 0 aliphatic heterocycles. The number of ether oxygens (including phenoxy) is 1. The van der Waals surface area contributed by atoms with E-state index >= 15 is 0 Å². The predicted molar refractivity (Wildman–Crippen MR) is 100 cm³/mol. The monoisotopic (exact) mass is 375 g/mol. The van der Waals surface area contributed by atoms with Gasteiger partial charge >= 0.3 is 0 Å². The van der Waals surface area contributed by atoms with Gasteiger partial charge in [-0.25, -0.2) is 19.3 Å². The molecule has 0 saturated carbocycles. The molecule has 0 spiro atoms. The zero-order valence-corrected chi connectivity index (χ0v) is 14.5. The van der Waals surface area contributed by atoms with Gasteiger partial charge in [0.25, 0.3) is 5.91 Å². The molecule has 138 valence electrons. The molecule has 0 saturated heterocycles. The number of amides is 1. The number of halogens is 1. The second-order valence-corrected chi connectivity index (χ2v) is 5.74. The van der Waals surface area contributed by atoms with E-state index in [4.69, 9.17) is 4.74 Å². The van der Waals surface area contributed by atoms with Crippen LogP contribution in [0.4, 0.5) is 10.1 Å². The topological polar surface area (TPSA) is 81.9 Å². The molecule has 0 unspecified atom stereocenters. The Labute approximate surface area is 159 Å². The van der Waals surface area contributed by atoms with Crippen molar-refractivity contribution >= 4 is 11.6 Å². The minimum atomic E-state index is -0.572. The average Bonchev–Trinajstić information content (AvgIpc) is 3.25. The summed E-state index contributed by atoms with van der Waals surface area (Å²) >= 11 is 0. The lowest BCUT2D eigenvalue weighted by atomic mass is 10.2. The van der Waals surface area contributed by atoms with E-state index in [1.54, 1.807) is 59.7 Å². The molecule has 4 rings (SSSR count). The van der Waals surface area contributed by atoms with Crippen LogP contribution in [-0.4, -0.2) is 25.4 Å². The maximum atomic E-state index is 13.7. The summed E-state index contributed by atoms with van der Waals surface area (Å²) in [4.78, 5) is 24.4. The lowest BCUT2D eigenvalue weighted by Gasteiger charge is -2.09. The summed E-state index contributed by atoms with van der Waals surface area (Å²) in [6, 6.07) is 14.2. The summed E-state index contributed by atoms with van der Waals surface area (Å²) in [6.45, 7) is 0. The third-order valence-corrected chi connectivity index (χ3v) is 3.85. The number of imidazole rings is 1. The van der Waals surface area contributed by atoms with Gasteiger partial charge in [-0.15, -0.1) is 0 Å². The smallest absolute Gasteiger partial charge is 0.258 e. The van der Waals surface area contributed by atoms with Crippen LogP contribution in [0.3, 0.4) is 0 Å². The number of anilines is 1. The Morgan fingerprint density at radius 1 is 1.07 bits per heavy atom. The number of carbonyl (C=O) groups is 1. The summed E-state index contributed by atoms with van der Waals surface area (Å²) in [5, 5.41) is 2.65. The molecule has 7 nitrogen and oxygen atoms in total. The highest BCUT2D eigenvalue weighted by atomic mass is 19.1. The quantitative estimate of drug-likeness (QED) is 0.573. The van der Waals surface area contributed by atoms with Crippen LogP contribution in [0.5, 0.6) is 11.6 Å². The normalized spacial score (nSPS) is 10.5. The Balaban J connectivity index is 1.45. The highest BCUT2D eigenvalue weighted by Crippen LogP contribution is 2.22. The summed E-state index contributed by atoms with van der Waals surface area (Å²) in [6.07, 6.45) is 6.43. The van der Waals surface area contributed by atoms with Crippen LogP contribution < -0.4 is 10.1 Å². The first kappa shape index (κ1) is 17.3. The lowest BCUT2D eigenvalue weighted by molar-refractivity contribution is 0.102. The van der Waals surface area contributed by atoms with Crippen LogP contribution in [0.1, 0.15) is 10.4 Å². The van der Waals surface area contributed by atoms with Crippen molar-refractivity contribution in [2.45, 2.75) is 0 Å². The van der Waals surface area contributed by atoms with Crippen molar-refractivity contribution in [1.29, 1.82) is 0 Å². The molecule has 2 aromatic carbocycles. The standard InChI is InChI=1S/C20H14FN5O2/c21-17-4-2-1-3-16(17)20(27)25-14-5-7-15(8-6-14)28-19-11-18(23-12-24-19)26-10-9-22-13-26/h1-13H,(H,25,27). The van der Waals surface area contributed by atoms with Crippen molar-refractivity contribution < 1.29 is 13.9 Å². The van der Waals surface area contributed by atoms with Gasteiger partial charge in [-0.3, -0.25) is 9.36 Å². The van der Waals surface area contributed by atoms with E-state index in [-0.39, 0.29) is 5.56 Å². The van der Waals surface area contributed by atoms with E-state index < -0.39 is 11.7 Å². The number of nitrogens with one attached hydrogen (secondary N) is 1. The van der Waals surface area contributed by atoms with Gasteiger partial charge < -0.3 is 10.1 Å². The number of aromatic nitrogens is 4. The Morgan fingerprint density at radius 2 is 1.89 bits per heavy atom. The third kappa shape index (κ3) is 3.85. The minimum Gasteiger partial charge on any atom is -0.439 e. The van der Waals surface area contributed by atoms with Gasteiger partial charge in [0.05, 0.1) is 5.56 Å². The first-order valence-corrected chi connectivity index (χ1v) is 8.33. The van der Waals surface area contributed by atoms with Gasteiger partial charge in [0.2, 0.25) is 5.88 Å². The van der Waals surface area contributed by atoms with Crippen molar-refractivity contribution in [2.24, 2.45) is 0 Å². The highest BCUT2D eigenvalue weighted by molar-refractivity contribution is 6.04. The lowest BCUT2D eigenvalue weighted by Crippen LogP contribution is -2.13. The Hall–Kier alpha value is -4.07. The summed E-state index contributed by atoms with van der Waals surface area (Å²) in [5.41, 5.74) is 0.498. The number of hydrogen-bond acceptors (Lipinski definition) is 5. The molecule has 1 N–H and O–H groups in total. The maximum absolute atomic E-state index is 13.7. The van der Waals surface area contributed by atoms with Gasteiger partial charge in [0.15, 0.2) is 0 Å². The summed E-state index contributed by atoms with van der Waals surface area (Å²) in [7, 11) is 0. The first-order chi connectivity index (χ1) is 13.7. The molecular formula is C20H14FN5O2. The molecule has 0 atom stereocenters. The first-order valence-electron chi connectivity index (χ1n) is 8.33. The molecule has 1 amide bonds. The van der Waals surface area contributed by atoms with Crippen molar-refractivity contribution in [3.63, 3.8) is 0 Å². The van der Waals surface area contributed by atoms with E-state index in [1.807, 2.05) is 0 Å². The molecule has 8 heteroatoms. The summed E-state index contributed by atoms with van der Waals surface area (Å²) < 4.78 is 21.1. The van der Waals surface area contributed by atoms with Crippen LogP contribution in [0.2, 0.25) is 0 Å². The number of benzene rings is 2. The van der Waals surface area contributed by atoms with Gasteiger partial charge in [-0.2, -0.15) is 0 Å². The minimum absolute atomic E-state index is 0.0177. The molecule has 28 heavy (non-hydrogen) atoms. The van der Waals surface area contributed by atoms with Crippen LogP contribution in [0.15, 0.2) is 79.6 Å². The van der Waals surface area contributed by atoms with E-state index in [0.29, 0.717) is 23.1 Å². The average molecular weight is 375 g/mol. The van der Waals surface area contributed by atoms with Crippen molar-refractivity contribution in [1.82, 2.24) is 19.5 Å². The fourth-order valence-corrected chi connectivity index (χ4v) is 2.49. The Kier molecular flexibility index (Phi) is 4.75. The predicted octanol–water partition coefficient (Wildman–Crippen LogP) is 3.85. The number of carbonyl (C=O) groups excluding carboxylic acids is 1. The van der Waals surface area contributed by atoms with E-state index in [1.165, 1.54) is 24.5 Å². The second kappa shape index (κ2) is 7.67. The molecule has 0 aliphatic carbocycles. The largest absolute Gasteiger partial charge is 0.439 e. The Morgan fingerprint density at radius 3 is 2.64 bits per heavy atom. The maximum Gasteiger partial charge on any atom is 0.258 e. The molecule has 4 aromatic rings. The molecule has 0 fully saturated rings. The zero-order chi connectivity index (χ0) is 19.3. The number of nitrogens with zero attached hydrogens (tertiary/aromatic N) is 4. The van der Waals surface area contributed by atoms with Gasteiger partial charge in [-0.05, 0) is 36.4 Å². The van der Waals surface area contributed by atoms with Crippen LogP contribution in [0, 0.1) is 5.82 Å². The molecule has 0 radical (unpaired) electrons. The van der Waals surface area contributed by atoms with Crippen LogP contribution in [-0.2, 0) is 0 Å². The van der Waals surface area contributed by atoms with Gasteiger partial charge in [0.1, 0.15) is 30.0 Å². The van der Waals surface area contributed by atoms with Crippen LogP contribution >= 0.6 is 0 Å². The van der Waals surface area contributed by atoms with Crippen molar-refractivity contribution in [3.05, 3.63) is 91.0 Å². The Bertz CT molecular complexity index is 1100. The molecule has 0 bridgehead atoms. The van der Waals surface area contributed by atoms with E-state index in [9.17, 15) is 9.18 Å². The summed E-state index contributed by atoms with van der Waals surface area (Å²) in [5.74, 6) is 0.419. The number of rotatable bonds is 5. The third-order valence-electron chi connectivity index (χ3n) is 3.85. The molecule has 0 aliphatic rings. The molecule has 2 aromatic heterocycles. The molecule has 2 heterocycles.